The van der Waals surface area contributed by atoms with Gasteiger partial charge in [0.1, 0.15) is 0 Å². The van der Waals surface area contributed by atoms with Crippen molar-refractivity contribution in [3.05, 3.63) is 34.6 Å². The smallest absolute Gasteiger partial charge is 0.176 e. The number of nitrogens with zero attached hydrogens (tertiary/aromatic N) is 4. The van der Waals surface area contributed by atoms with Gasteiger partial charge in [-0.05, 0) is 48.9 Å². The van der Waals surface area contributed by atoms with Gasteiger partial charge in [0.15, 0.2) is 5.82 Å². The van der Waals surface area contributed by atoms with Gasteiger partial charge in [0.25, 0.3) is 0 Å². The standard InChI is InChI=1S/C12H14BrN5/c13-9-3-5-11(6-4-9)18-16-12(15-17-18)8-10-2-1-7-14-10/h3-6,10,14H,1-2,7-8H2. The lowest BCUT2D eigenvalue weighted by Crippen LogP contribution is -2.24. The molecule has 1 fully saturated rings. The summed E-state index contributed by atoms with van der Waals surface area (Å²) in [6.07, 6.45) is 3.30. The van der Waals surface area contributed by atoms with E-state index in [0.717, 1.165) is 29.0 Å². The van der Waals surface area contributed by atoms with Crippen molar-refractivity contribution < 1.29 is 0 Å². The van der Waals surface area contributed by atoms with Crippen LogP contribution in [0.1, 0.15) is 18.7 Å². The Morgan fingerprint density at radius 3 is 2.89 bits per heavy atom. The summed E-state index contributed by atoms with van der Waals surface area (Å²) in [6.45, 7) is 1.10. The van der Waals surface area contributed by atoms with Crippen LogP contribution in [0.5, 0.6) is 0 Å². The first-order valence-electron chi connectivity index (χ1n) is 6.09. The fourth-order valence-corrected chi connectivity index (χ4v) is 2.42. The normalized spacial score (nSPS) is 19.3. The number of rotatable bonds is 3. The van der Waals surface area contributed by atoms with Crippen molar-refractivity contribution in [1.82, 2.24) is 25.5 Å². The number of nitrogens with one attached hydrogen (secondary N) is 1. The predicted molar refractivity (Wildman–Crippen MR) is 71.6 cm³/mol. The molecule has 94 valence electrons. The summed E-state index contributed by atoms with van der Waals surface area (Å²) < 4.78 is 1.04. The number of halogens is 1. The van der Waals surface area contributed by atoms with Gasteiger partial charge in [-0.3, -0.25) is 0 Å². The van der Waals surface area contributed by atoms with Crippen molar-refractivity contribution in [1.29, 1.82) is 0 Å². The molecule has 1 aromatic heterocycles. The van der Waals surface area contributed by atoms with E-state index in [1.54, 1.807) is 4.80 Å². The molecule has 0 amide bonds. The topological polar surface area (TPSA) is 55.6 Å². The highest BCUT2D eigenvalue weighted by Gasteiger charge is 2.17. The summed E-state index contributed by atoms with van der Waals surface area (Å²) in [7, 11) is 0. The van der Waals surface area contributed by atoms with Gasteiger partial charge in [-0.2, -0.15) is 0 Å². The van der Waals surface area contributed by atoms with Crippen LogP contribution in [0.4, 0.5) is 0 Å². The van der Waals surface area contributed by atoms with Crippen molar-refractivity contribution in [2.45, 2.75) is 25.3 Å². The van der Waals surface area contributed by atoms with Crippen molar-refractivity contribution in [3.63, 3.8) is 0 Å². The molecule has 5 nitrogen and oxygen atoms in total. The Morgan fingerprint density at radius 2 is 2.17 bits per heavy atom. The summed E-state index contributed by atoms with van der Waals surface area (Å²) in [5.41, 5.74) is 0.927. The zero-order chi connectivity index (χ0) is 12.4. The molecule has 0 radical (unpaired) electrons. The third kappa shape index (κ3) is 2.59. The van der Waals surface area contributed by atoms with E-state index < -0.39 is 0 Å². The molecule has 18 heavy (non-hydrogen) atoms. The molecule has 2 heterocycles. The molecule has 1 aromatic carbocycles. The van der Waals surface area contributed by atoms with E-state index in [2.05, 4.69) is 36.7 Å². The lowest BCUT2D eigenvalue weighted by atomic mass is 10.1. The molecule has 0 spiro atoms. The first-order valence-corrected chi connectivity index (χ1v) is 6.89. The maximum absolute atomic E-state index is 4.41. The monoisotopic (exact) mass is 307 g/mol. The highest BCUT2D eigenvalue weighted by atomic mass is 79.9. The molecule has 0 saturated carbocycles. The van der Waals surface area contributed by atoms with Gasteiger partial charge in [-0.25, -0.2) is 0 Å². The number of hydrogen-bond acceptors (Lipinski definition) is 4. The van der Waals surface area contributed by atoms with Crippen molar-refractivity contribution in [3.8, 4) is 5.69 Å². The van der Waals surface area contributed by atoms with Gasteiger partial charge in [-0.1, -0.05) is 15.9 Å². The van der Waals surface area contributed by atoms with Crippen LogP contribution in [0.2, 0.25) is 0 Å². The van der Waals surface area contributed by atoms with E-state index in [0.29, 0.717) is 6.04 Å². The molecule has 1 saturated heterocycles. The van der Waals surface area contributed by atoms with Crippen LogP contribution < -0.4 is 5.32 Å². The largest absolute Gasteiger partial charge is 0.314 e. The maximum Gasteiger partial charge on any atom is 0.176 e. The van der Waals surface area contributed by atoms with Gasteiger partial charge in [-0.15, -0.1) is 15.0 Å². The summed E-state index contributed by atoms with van der Waals surface area (Å²) >= 11 is 3.41. The minimum Gasteiger partial charge on any atom is -0.314 e. The minimum atomic E-state index is 0.507. The SMILES string of the molecule is Brc1ccc(-n2nnc(CC3CCCN3)n2)cc1. The van der Waals surface area contributed by atoms with E-state index in [-0.39, 0.29) is 0 Å². The Kier molecular flexibility index (Phi) is 3.38. The van der Waals surface area contributed by atoms with Crippen molar-refractivity contribution in [2.75, 3.05) is 6.54 Å². The molecule has 2 aromatic rings. The Bertz CT molecular complexity index is 516. The van der Waals surface area contributed by atoms with Gasteiger partial charge in [0, 0.05) is 16.9 Å². The second-order valence-corrected chi connectivity index (χ2v) is 5.38. The third-order valence-electron chi connectivity index (χ3n) is 3.10. The van der Waals surface area contributed by atoms with E-state index in [9.17, 15) is 0 Å². The number of tetrazole rings is 1. The zero-order valence-corrected chi connectivity index (χ0v) is 11.5. The van der Waals surface area contributed by atoms with Crippen LogP contribution in [-0.2, 0) is 6.42 Å². The summed E-state index contributed by atoms with van der Waals surface area (Å²) in [4.78, 5) is 1.58. The molecule has 1 aliphatic heterocycles. The van der Waals surface area contributed by atoms with Crippen LogP contribution in [0, 0.1) is 0 Å². The fourth-order valence-electron chi connectivity index (χ4n) is 2.16. The molecule has 1 atom stereocenters. The molecule has 3 rings (SSSR count). The van der Waals surface area contributed by atoms with E-state index >= 15 is 0 Å². The van der Waals surface area contributed by atoms with Crippen LogP contribution in [0.25, 0.3) is 5.69 Å². The number of hydrogen-bond donors (Lipinski definition) is 1. The van der Waals surface area contributed by atoms with Gasteiger partial charge in [0.05, 0.1) is 5.69 Å². The van der Waals surface area contributed by atoms with Gasteiger partial charge < -0.3 is 5.32 Å². The highest BCUT2D eigenvalue weighted by molar-refractivity contribution is 9.10. The second-order valence-electron chi connectivity index (χ2n) is 4.47. The Morgan fingerprint density at radius 1 is 1.33 bits per heavy atom. The van der Waals surface area contributed by atoms with Gasteiger partial charge in [0.2, 0.25) is 0 Å². The summed E-state index contributed by atoms with van der Waals surface area (Å²) in [6, 6.07) is 8.37. The third-order valence-corrected chi connectivity index (χ3v) is 3.63. The van der Waals surface area contributed by atoms with Crippen LogP contribution in [-0.4, -0.2) is 32.8 Å². The molecular formula is C12H14BrN5. The lowest BCUT2D eigenvalue weighted by Gasteiger charge is -2.05. The average molecular weight is 308 g/mol. The first kappa shape index (κ1) is 11.8. The molecule has 0 bridgehead atoms. The molecule has 1 unspecified atom stereocenters. The molecule has 0 aliphatic carbocycles. The first-order chi connectivity index (χ1) is 8.81. The predicted octanol–water partition coefficient (Wildman–Crippen LogP) is 1.72. The molecule has 1 N–H and O–H groups in total. The van der Waals surface area contributed by atoms with Crippen LogP contribution in [0.3, 0.4) is 0 Å². The Labute approximate surface area is 114 Å². The summed E-state index contributed by atoms with van der Waals surface area (Å²) in [5, 5.41) is 16.1. The number of benzene rings is 1. The molecule has 1 aliphatic rings. The lowest BCUT2D eigenvalue weighted by molar-refractivity contribution is 0.584. The molecular weight excluding hydrogens is 294 g/mol. The van der Waals surface area contributed by atoms with Gasteiger partial charge >= 0.3 is 0 Å². The quantitative estimate of drug-likeness (QED) is 0.938. The fraction of sp³-hybridized carbons (Fsp3) is 0.417. The van der Waals surface area contributed by atoms with Crippen LogP contribution in [0.15, 0.2) is 28.7 Å². The second kappa shape index (κ2) is 5.16. The van der Waals surface area contributed by atoms with E-state index in [4.69, 9.17) is 0 Å². The Balaban J connectivity index is 1.74. The number of aromatic nitrogens is 4. The van der Waals surface area contributed by atoms with E-state index in [1.807, 2.05) is 24.3 Å². The van der Waals surface area contributed by atoms with Crippen molar-refractivity contribution >= 4 is 15.9 Å². The van der Waals surface area contributed by atoms with E-state index in [1.165, 1.54) is 12.8 Å². The molecule has 6 heteroatoms. The highest BCUT2D eigenvalue weighted by Crippen LogP contribution is 2.13. The summed E-state index contributed by atoms with van der Waals surface area (Å²) in [5.74, 6) is 0.803. The van der Waals surface area contributed by atoms with Crippen molar-refractivity contribution in [2.24, 2.45) is 0 Å². The minimum absolute atomic E-state index is 0.507. The average Bonchev–Trinajstić information content (AvgIpc) is 3.02. The Hall–Kier alpha value is -1.27. The maximum atomic E-state index is 4.41. The van der Waals surface area contributed by atoms with Crippen LogP contribution >= 0.6 is 15.9 Å². The zero-order valence-electron chi connectivity index (χ0n) is 9.88.